The second-order valence-electron chi connectivity index (χ2n) is 7.29. The van der Waals surface area contributed by atoms with Crippen molar-refractivity contribution in [2.45, 2.75) is 52.7 Å². The van der Waals surface area contributed by atoms with Gasteiger partial charge in [-0.25, -0.2) is 0 Å². The van der Waals surface area contributed by atoms with Crippen LogP contribution in [-0.2, 0) is 14.3 Å². The van der Waals surface area contributed by atoms with E-state index in [0.717, 1.165) is 36.3 Å². The van der Waals surface area contributed by atoms with E-state index in [-0.39, 0.29) is 30.5 Å². The van der Waals surface area contributed by atoms with E-state index in [1.54, 1.807) is 18.9 Å². The number of rotatable bonds is 7. The van der Waals surface area contributed by atoms with Crippen LogP contribution in [0.1, 0.15) is 36.5 Å². The fourth-order valence-electron chi connectivity index (χ4n) is 3.29. The predicted octanol–water partition coefficient (Wildman–Crippen LogP) is 2.17. The van der Waals surface area contributed by atoms with Crippen molar-refractivity contribution in [2.75, 3.05) is 32.1 Å². The Balaban J connectivity index is 1.84. The van der Waals surface area contributed by atoms with Gasteiger partial charge in [-0.15, -0.1) is 0 Å². The lowest BCUT2D eigenvalue weighted by atomic mass is 10.1. The van der Waals surface area contributed by atoms with Gasteiger partial charge in [0.15, 0.2) is 0 Å². The van der Waals surface area contributed by atoms with Gasteiger partial charge in [0.25, 0.3) is 0 Å². The Hall–Kier alpha value is -1.92. The Kier molecular flexibility index (Phi) is 7.17. The molecule has 0 radical (unpaired) electrons. The molecule has 1 aromatic rings. The van der Waals surface area contributed by atoms with Gasteiger partial charge in [0, 0.05) is 18.8 Å². The number of anilines is 1. The Morgan fingerprint density at radius 1 is 1.27 bits per heavy atom. The molecule has 1 aromatic carbocycles. The number of hydrogen-bond acceptors (Lipinski definition) is 4. The van der Waals surface area contributed by atoms with Crippen molar-refractivity contribution in [1.29, 1.82) is 0 Å². The molecule has 0 aromatic heterocycles. The van der Waals surface area contributed by atoms with E-state index in [9.17, 15) is 9.59 Å². The highest BCUT2D eigenvalue weighted by Crippen LogP contribution is 2.21. The molecule has 0 spiro atoms. The average Bonchev–Trinajstić information content (AvgIpc) is 3.08. The number of amides is 2. The van der Waals surface area contributed by atoms with E-state index >= 15 is 0 Å². The second-order valence-corrected chi connectivity index (χ2v) is 7.29. The third-order valence-electron chi connectivity index (χ3n) is 4.90. The van der Waals surface area contributed by atoms with Crippen LogP contribution in [0.3, 0.4) is 0 Å². The predicted molar refractivity (Wildman–Crippen MR) is 103 cm³/mol. The van der Waals surface area contributed by atoms with Gasteiger partial charge >= 0.3 is 0 Å². The van der Waals surface area contributed by atoms with Crippen molar-refractivity contribution in [1.82, 2.24) is 10.2 Å². The number of benzene rings is 1. The van der Waals surface area contributed by atoms with Gasteiger partial charge in [0.2, 0.25) is 11.8 Å². The first-order valence-electron chi connectivity index (χ1n) is 9.25. The van der Waals surface area contributed by atoms with Crippen LogP contribution in [-0.4, -0.2) is 55.6 Å². The quantitative estimate of drug-likeness (QED) is 0.781. The summed E-state index contributed by atoms with van der Waals surface area (Å²) < 4.78 is 5.51. The van der Waals surface area contributed by atoms with Crippen LogP contribution in [0.2, 0.25) is 0 Å². The lowest BCUT2D eigenvalue weighted by molar-refractivity contribution is -0.127. The normalized spacial score (nSPS) is 18.0. The molecule has 6 heteroatoms. The summed E-state index contributed by atoms with van der Waals surface area (Å²) in [4.78, 5) is 26.4. The Morgan fingerprint density at radius 2 is 1.92 bits per heavy atom. The van der Waals surface area contributed by atoms with Crippen LogP contribution in [0.25, 0.3) is 0 Å². The smallest absolute Gasteiger partial charge is 0.238 e. The van der Waals surface area contributed by atoms with Gasteiger partial charge in [-0.2, -0.15) is 0 Å². The van der Waals surface area contributed by atoms with E-state index in [0.29, 0.717) is 6.54 Å². The monoisotopic (exact) mass is 361 g/mol. The molecular weight excluding hydrogens is 330 g/mol. The van der Waals surface area contributed by atoms with E-state index in [1.807, 2.05) is 32.9 Å². The number of hydrogen-bond donors (Lipinski definition) is 2. The molecule has 0 unspecified atom stereocenters. The highest BCUT2D eigenvalue weighted by atomic mass is 16.5. The van der Waals surface area contributed by atoms with E-state index < -0.39 is 0 Å². The fourth-order valence-corrected chi connectivity index (χ4v) is 3.29. The Bertz CT molecular complexity index is 631. The molecule has 1 aliphatic heterocycles. The lowest BCUT2D eigenvalue weighted by Gasteiger charge is -2.24. The standard InChI is InChI=1S/C20H31N3O3/c1-13-9-14(2)19(15(3)10-13)22-18(24)12-23(5)16(4)20(25)21-11-17-7-6-8-26-17/h9-10,16-17H,6-8,11-12H2,1-5H3,(H,21,25)(H,22,24)/t16-,17-/m1/s1. The highest BCUT2D eigenvalue weighted by molar-refractivity contribution is 5.94. The number of aryl methyl sites for hydroxylation is 3. The molecule has 6 nitrogen and oxygen atoms in total. The first-order chi connectivity index (χ1) is 12.3. The molecule has 0 bridgehead atoms. The van der Waals surface area contributed by atoms with E-state index in [2.05, 4.69) is 10.6 Å². The van der Waals surface area contributed by atoms with E-state index in [4.69, 9.17) is 4.74 Å². The number of carbonyl (C=O) groups is 2. The molecule has 2 rings (SSSR count). The van der Waals surface area contributed by atoms with Gasteiger partial charge in [0.05, 0.1) is 18.7 Å². The molecule has 2 N–H and O–H groups in total. The van der Waals surface area contributed by atoms with Gasteiger partial charge in [-0.05, 0) is 58.7 Å². The SMILES string of the molecule is Cc1cc(C)c(NC(=O)CN(C)[C@H](C)C(=O)NC[C@H]2CCCO2)c(C)c1. The van der Waals surface area contributed by atoms with Crippen molar-refractivity contribution in [3.05, 3.63) is 28.8 Å². The van der Waals surface area contributed by atoms with E-state index in [1.165, 1.54) is 5.56 Å². The molecule has 2 atom stereocenters. The first-order valence-corrected chi connectivity index (χ1v) is 9.25. The van der Waals surface area contributed by atoms with Gasteiger partial charge in [0.1, 0.15) is 0 Å². The molecule has 2 amide bonds. The summed E-state index contributed by atoms with van der Waals surface area (Å²) in [6.45, 7) is 9.28. The van der Waals surface area contributed by atoms with Crippen molar-refractivity contribution < 1.29 is 14.3 Å². The first kappa shape index (κ1) is 20.4. The summed E-state index contributed by atoms with van der Waals surface area (Å²) >= 11 is 0. The van der Waals surface area contributed by atoms with Crippen LogP contribution in [0, 0.1) is 20.8 Å². The van der Waals surface area contributed by atoms with Gasteiger partial charge in [-0.1, -0.05) is 17.7 Å². The van der Waals surface area contributed by atoms with Crippen molar-refractivity contribution >= 4 is 17.5 Å². The minimum Gasteiger partial charge on any atom is -0.376 e. The second kappa shape index (κ2) is 9.14. The zero-order chi connectivity index (χ0) is 19.3. The van der Waals surface area contributed by atoms with Crippen LogP contribution in [0.15, 0.2) is 12.1 Å². The minimum absolute atomic E-state index is 0.0847. The van der Waals surface area contributed by atoms with Crippen molar-refractivity contribution in [2.24, 2.45) is 0 Å². The maximum Gasteiger partial charge on any atom is 0.238 e. The number of likely N-dealkylation sites (N-methyl/N-ethyl adjacent to an activating group) is 1. The number of nitrogens with one attached hydrogen (secondary N) is 2. The van der Waals surface area contributed by atoms with Crippen LogP contribution >= 0.6 is 0 Å². The summed E-state index contributed by atoms with van der Waals surface area (Å²) in [6.07, 6.45) is 2.16. The lowest BCUT2D eigenvalue weighted by Crippen LogP contribution is -2.47. The number of nitrogens with zero attached hydrogens (tertiary/aromatic N) is 1. The average molecular weight is 361 g/mol. The third kappa shape index (κ3) is 5.54. The fraction of sp³-hybridized carbons (Fsp3) is 0.600. The van der Waals surface area contributed by atoms with Gasteiger partial charge < -0.3 is 15.4 Å². The largest absolute Gasteiger partial charge is 0.376 e. The molecule has 0 saturated carbocycles. The topological polar surface area (TPSA) is 70.7 Å². The maximum absolute atomic E-state index is 12.4. The number of ether oxygens (including phenoxy) is 1. The molecule has 0 aliphatic carbocycles. The molecule has 1 aliphatic rings. The van der Waals surface area contributed by atoms with Crippen LogP contribution in [0.5, 0.6) is 0 Å². The zero-order valence-corrected chi connectivity index (χ0v) is 16.5. The maximum atomic E-state index is 12.4. The highest BCUT2D eigenvalue weighted by Gasteiger charge is 2.22. The Morgan fingerprint density at radius 3 is 2.50 bits per heavy atom. The summed E-state index contributed by atoms with van der Waals surface area (Å²) in [6, 6.07) is 3.71. The summed E-state index contributed by atoms with van der Waals surface area (Å²) in [5, 5.41) is 5.89. The molecule has 26 heavy (non-hydrogen) atoms. The summed E-state index contributed by atoms with van der Waals surface area (Å²) in [5.74, 6) is -0.208. The van der Waals surface area contributed by atoms with Crippen molar-refractivity contribution in [3.63, 3.8) is 0 Å². The van der Waals surface area contributed by atoms with Crippen molar-refractivity contribution in [3.8, 4) is 0 Å². The summed E-state index contributed by atoms with van der Waals surface area (Å²) in [7, 11) is 1.78. The molecule has 1 fully saturated rings. The van der Waals surface area contributed by atoms with Crippen LogP contribution < -0.4 is 10.6 Å². The Labute approximate surface area is 156 Å². The molecule has 144 valence electrons. The minimum atomic E-state index is -0.387. The molecule has 1 saturated heterocycles. The molecule has 1 heterocycles. The summed E-state index contributed by atoms with van der Waals surface area (Å²) in [5.41, 5.74) is 4.11. The van der Waals surface area contributed by atoms with Crippen LogP contribution in [0.4, 0.5) is 5.69 Å². The third-order valence-corrected chi connectivity index (χ3v) is 4.90. The zero-order valence-electron chi connectivity index (χ0n) is 16.5. The van der Waals surface area contributed by atoms with Gasteiger partial charge in [-0.3, -0.25) is 14.5 Å². The number of carbonyl (C=O) groups excluding carboxylic acids is 2. The molecular formula is C20H31N3O3.